The number of aryl methyl sites for hydroxylation is 1. The maximum Gasteiger partial charge on any atom is 0.333 e. The summed E-state index contributed by atoms with van der Waals surface area (Å²) in [5.74, 6) is 0.655. The van der Waals surface area contributed by atoms with Gasteiger partial charge in [0, 0.05) is 24.4 Å². The lowest BCUT2D eigenvalue weighted by Crippen LogP contribution is -2.34. The van der Waals surface area contributed by atoms with E-state index in [1.165, 1.54) is 37.8 Å². The highest BCUT2D eigenvalue weighted by Crippen LogP contribution is 2.38. The average molecular weight is 433 g/mol. The monoisotopic (exact) mass is 432 g/mol. The molecule has 0 aliphatic heterocycles. The summed E-state index contributed by atoms with van der Waals surface area (Å²) in [6.45, 7) is 3.59. The Labute approximate surface area is 177 Å². The van der Waals surface area contributed by atoms with E-state index in [4.69, 9.17) is 9.15 Å². The number of methoxy groups -OCH3 is 1. The van der Waals surface area contributed by atoms with Gasteiger partial charge in [-0.2, -0.15) is 8.42 Å². The maximum absolute atomic E-state index is 12.7. The highest BCUT2D eigenvalue weighted by atomic mass is 32.2. The second kappa shape index (κ2) is 7.74. The predicted molar refractivity (Wildman–Crippen MR) is 113 cm³/mol. The van der Waals surface area contributed by atoms with Gasteiger partial charge in [-0.05, 0) is 75.0 Å². The lowest BCUT2D eigenvalue weighted by Gasteiger charge is -2.20. The van der Waals surface area contributed by atoms with Crippen LogP contribution in [0.4, 0.5) is 10.5 Å². The molecule has 0 saturated heterocycles. The molecule has 2 amide bonds. The van der Waals surface area contributed by atoms with E-state index in [0.717, 1.165) is 42.5 Å². The molecular formula is C22H28N2O5S. The molecule has 1 aromatic carbocycles. The number of carbonyl (C=O) groups is 1. The molecule has 0 spiro atoms. The van der Waals surface area contributed by atoms with Crippen LogP contribution in [0.1, 0.15) is 55.4 Å². The summed E-state index contributed by atoms with van der Waals surface area (Å²) in [6, 6.07) is 4.80. The van der Waals surface area contributed by atoms with E-state index in [0.29, 0.717) is 11.5 Å². The third-order valence-corrected chi connectivity index (χ3v) is 7.28. The quantitative estimate of drug-likeness (QED) is 0.686. The summed E-state index contributed by atoms with van der Waals surface area (Å²) >= 11 is 0. The van der Waals surface area contributed by atoms with Crippen molar-refractivity contribution in [2.24, 2.45) is 5.92 Å². The van der Waals surface area contributed by atoms with Crippen molar-refractivity contribution >= 4 is 21.7 Å². The van der Waals surface area contributed by atoms with Crippen molar-refractivity contribution in [2.75, 3.05) is 12.4 Å². The summed E-state index contributed by atoms with van der Waals surface area (Å²) in [5, 5.41) is 2.50. The standard InChI is InChI=1S/C22H28N2O5S/c1-22(2,28-3)17-12-19(29-13-17)30(26,27)24-21(25)23-20-16(11-14-7-8-14)10-9-15-5-4-6-18(15)20/h9-10,12-14H,4-8,11H2,1-3H3,(H2,23,24,25). The normalized spacial score (nSPS) is 16.4. The highest BCUT2D eigenvalue weighted by Gasteiger charge is 2.29. The van der Waals surface area contributed by atoms with Crippen molar-refractivity contribution in [3.8, 4) is 0 Å². The Bertz CT molecular complexity index is 1070. The van der Waals surface area contributed by atoms with Gasteiger partial charge in [-0.25, -0.2) is 9.52 Å². The Morgan fingerprint density at radius 1 is 1.27 bits per heavy atom. The van der Waals surface area contributed by atoms with Crippen molar-refractivity contribution < 1.29 is 22.4 Å². The van der Waals surface area contributed by atoms with Crippen LogP contribution < -0.4 is 10.0 Å². The fourth-order valence-electron chi connectivity index (χ4n) is 3.88. The third kappa shape index (κ3) is 4.25. The number of rotatable bonds is 7. The van der Waals surface area contributed by atoms with E-state index in [2.05, 4.69) is 22.2 Å². The molecule has 0 bridgehead atoms. The van der Waals surface area contributed by atoms with E-state index in [1.54, 1.807) is 13.8 Å². The van der Waals surface area contributed by atoms with E-state index in [9.17, 15) is 13.2 Å². The molecule has 1 fully saturated rings. The third-order valence-electron chi connectivity index (χ3n) is 6.09. The topological polar surface area (TPSA) is 97.6 Å². The molecule has 2 N–H and O–H groups in total. The van der Waals surface area contributed by atoms with Gasteiger partial charge in [-0.3, -0.25) is 0 Å². The van der Waals surface area contributed by atoms with Crippen molar-refractivity contribution in [3.63, 3.8) is 0 Å². The van der Waals surface area contributed by atoms with Crippen LogP contribution in [-0.4, -0.2) is 21.6 Å². The van der Waals surface area contributed by atoms with Gasteiger partial charge in [-0.1, -0.05) is 12.1 Å². The van der Waals surface area contributed by atoms with E-state index < -0.39 is 21.7 Å². The minimum atomic E-state index is -4.15. The maximum atomic E-state index is 12.7. The molecule has 1 saturated carbocycles. The van der Waals surface area contributed by atoms with Crippen molar-refractivity contribution in [2.45, 2.75) is 63.1 Å². The first-order valence-electron chi connectivity index (χ1n) is 10.3. The van der Waals surface area contributed by atoms with Gasteiger partial charge in [0.15, 0.2) is 0 Å². The lowest BCUT2D eigenvalue weighted by atomic mass is 9.99. The smallest absolute Gasteiger partial charge is 0.333 e. The molecule has 1 heterocycles. The number of fused-ring (bicyclic) bond motifs is 1. The van der Waals surface area contributed by atoms with Crippen molar-refractivity contribution in [1.82, 2.24) is 4.72 Å². The van der Waals surface area contributed by atoms with Crippen LogP contribution in [0, 0.1) is 5.92 Å². The van der Waals surface area contributed by atoms with Gasteiger partial charge < -0.3 is 14.5 Å². The number of sulfonamides is 1. The molecule has 7 nitrogen and oxygen atoms in total. The zero-order chi connectivity index (χ0) is 21.5. The molecular weight excluding hydrogens is 404 g/mol. The number of hydrogen-bond acceptors (Lipinski definition) is 5. The minimum Gasteiger partial charge on any atom is -0.451 e. The Morgan fingerprint density at radius 2 is 2.03 bits per heavy atom. The Morgan fingerprint density at radius 3 is 2.73 bits per heavy atom. The minimum absolute atomic E-state index is 0.325. The van der Waals surface area contributed by atoms with Crippen molar-refractivity contribution in [3.05, 3.63) is 46.7 Å². The lowest BCUT2D eigenvalue weighted by molar-refractivity contribution is 0.0187. The molecule has 1 aromatic heterocycles. The molecule has 0 atom stereocenters. The van der Waals surface area contributed by atoms with E-state index in [1.807, 2.05) is 0 Å². The first-order valence-corrected chi connectivity index (χ1v) is 11.8. The van der Waals surface area contributed by atoms with Gasteiger partial charge in [-0.15, -0.1) is 0 Å². The predicted octanol–water partition coefficient (Wildman–Crippen LogP) is 4.11. The summed E-state index contributed by atoms with van der Waals surface area (Å²) < 4.78 is 38.0. The number of carbonyl (C=O) groups excluding carboxylic acids is 1. The molecule has 0 radical (unpaired) electrons. The van der Waals surface area contributed by atoms with Gasteiger partial charge in [0.05, 0.1) is 11.9 Å². The molecule has 2 aromatic rings. The van der Waals surface area contributed by atoms with Crippen molar-refractivity contribution in [1.29, 1.82) is 0 Å². The number of benzene rings is 1. The van der Waals surface area contributed by atoms with E-state index >= 15 is 0 Å². The molecule has 2 aliphatic carbocycles. The number of ether oxygens (including phenoxy) is 1. The van der Waals surface area contributed by atoms with Crippen LogP contribution in [0.2, 0.25) is 0 Å². The van der Waals surface area contributed by atoms with Gasteiger partial charge in [0.2, 0.25) is 5.09 Å². The zero-order valence-corrected chi connectivity index (χ0v) is 18.4. The largest absolute Gasteiger partial charge is 0.451 e. The van der Waals surface area contributed by atoms with Crippen LogP contribution >= 0.6 is 0 Å². The first-order chi connectivity index (χ1) is 14.2. The molecule has 162 valence electrons. The van der Waals surface area contributed by atoms with E-state index in [-0.39, 0.29) is 5.09 Å². The average Bonchev–Trinajstić information content (AvgIpc) is 3.17. The number of urea groups is 1. The molecule has 2 aliphatic rings. The molecule has 30 heavy (non-hydrogen) atoms. The number of amides is 2. The highest BCUT2D eigenvalue weighted by molar-refractivity contribution is 7.89. The number of nitrogens with one attached hydrogen (secondary N) is 2. The molecule has 8 heteroatoms. The first kappa shape index (κ1) is 20.9. The Hall–Kier alpha value is -2.32. The fraction of sp³-hybridized carbons (Fsp3) is 0.500. The van der Waals surface area contributed by atoms with Gasteiger partial charge in [0.25, 0.3) is 10.0 Å². The number of furan rings is 1. The SMILES string of the molecule is COC(C)(C)c1coc(S(=O)(=O)NC(=O)Nc2c(CC3CC3)ccc3c2CCC3)c1. The summed E-state index contributed by atoms with van der Waals surface area (Å²) in [5.41, 5.74) is 4.06. The van der Waals surface area contributed by atoms with Crippen LogP contribution in [-0.2, 0) is 39.6 Å². The van der Waals surface area contributed by atoms with Crippen LogP contribution in [0.25, 0.3) is 0 Å². The van der Waals surface area contributed by atoms with Crippen LogP contribution in [0.15, 0.2) is 34.0 Å². The fourth-order valence-corrected chi connectivity index (χ4v) is 4.73. The zero-order valence-electron chi connectivity index (χ0n) is 17.6. The molecule has 4 rings (SSSR count). The summed E-state index contributed by atoms with van der Waals surface area (Å²) in [4.78, 5) is 12.6. The second-order valence-electron chi connectivity index (χ2n) is 8.67. The number of hydrogen-bond donors (Lipinski definition) is 2. The van der Waals surface area contributed by atoms with Crippen LogP contribution in [0.5, 0.6) is 0 Å². The molecule has 0 unspecified atom stereocenters. The number of anilines is 1. The summed E-state index contributed by atoms with van der Waals surface area (Å²) in [6.07, 6.45) is 7.56. The Kier molecular flexibility index (Phi) is 5.40. The second-order valence-corrected chi connectivity index (χ2v) is 10.3. The summed E-state index contributed by atoms with van der Waals surface area (Å²) in [7, 11) is -2.62. The van der Waals surface area contributed by atoms with Gasteiger partial charge >= 0.3 is 6.03 Å². The van der Waals surface area contributed by atoms with Crippen LogP contribution in [0.3, 0.4) is 0 Å². The van der Waals surface area contributed by atoms with Gasteiger partial charge in [0.1, 0.15) is 0 Å². The Balaban J connectivity index is 1.53.